The fraction of sp³-hybridized carbons (Fsp3) is 0.188. The Hall–Kier alpha value is -1.88. The van der Waals surface area contributed by atoms with E-state index in [-0.39, 0.29) is 11.7 Å². The van der Waals surface area contributed by atoms with E-state index in [9.17, 15) is 9.18 Å². The highest BCUT2D eigenvalue weighted by atomic mass is 79.9. The SMILES string of the molecule is Cc1cccc(NC(=O)[C@H](C)Oc2ccc(F)cc2Br)c1. The van der Waals surface area contributed by atoms with Crippen LogP contribution >= 0.6 is 15.9 Å². The molecule has 0 saturated heterocycles. The molecule has 2 aromatic carbocycles. The van der Waals surface area contributed by atoms with Gasteiger partial charge in [-0.15, -0.1) is 0 Å². The maximum absolute atomic E-state index is 13.0. The van der Waals surface area contributed by atoms with Gasteiger partial charge in [-0.1, -0.05) is 12.1 Å². The summed E-state index contributed by atoms with van der Waals surface area (Å²) in [5, 5.41) is 2.78. The predicted octanol–water partition coefficient (Wildman–Crippen LogP) is 4.30. The molecule has 3 nitrogen and oxygen atoms in total. The van der Waals surface area contributed by atoms with Gasteiger partial charge in [0, 0.05) is 5.69 Å². The quantitative estimate of drug-likeness (QED) is 0.891. The van der Waals surface area contributed by atoms with Crippen molar-refractivity contribution in [1.82, 2.24) is 0 Å². The van der Waals surface area contributed by atoms with Crippen LogP contribution in [0.2, 0.25) is 0 Å². The molecule has 2 aromatic rings. The predicted molar refractivity (Wildman–Crippen MR) is 84.0 cm³/mol. The zero-order chi connectivity index (χ0) is 15.4. The van der Waals surface area contributed by atoms with Crippen LogP contribution in [0.5, 0.6) is 5.75 Å². The lowest BCUT2D eigenvalue weighted by Crippen LogP contribution is -2.30. The molecule has 2 rings (SSSR count). The summed E-state index contributed by atoms with van der Waals surface area (Å²) in [7, 11) is 0. The van der Waals surface area contributed by atoms with Crippen LogP contribution in [0.25, 0.3) is 0 Å². The molecule has 21 heavy (non-hydrogen) atoms. The molecule has 0 fully saturated rings. The van der Waals surface area contributed by atoms with Crippen LogP contribution in [0.4, 0.5) is 10.1 Å². The number of ether oxygens (including phenoxy) is 1. The van der Waals surface area contributed by atoms with Crippen molar-refractivity contribution >= 4 is 27.5 Å². The minimum Gasteiger partial charge on any atom is -0.480 e. The fourth-order valence-corrected chi connectivity index (χ4v) is 2.23. The van der Waals surface area contributed by atoms with Crippen molar-refractivity contribution in [1.29, 1.82) is 0 Å². The van der Waals surface area contributed by atoms with E-state index in [2.05, 4.69) is 21.2 Å². The highest BCUT2D eigenvalue weighted by Gasteiger charge is 2.16. The van der Waals surface area contributed by atoms with Gasteiger partial charge in [0.2, 0.25) is 0 Å². The molecule has 0 aliphatic carbocycles. The fourth-order valence-electron chi connectivity index (χ4n) is 1.78. The Morgan fingerprint density at radius 1 is 1.29 bits per heavy atom. The van der Waals surface area contributed by atoms with Crippen molar-refractivity contribution < 1.29 is 13.9 Å². The van der Waals surface area contributed by atoms with Crippen molar-refractivity contribution in [2.45, 2.75) is 20.0 Å². The third-order valence-electron chi connectivity index (χ3n) is 2.85. The van der Waals surface area contributed by atoms with Gasteiger partial charge in [0.25, 0.3) is 5.91 Å². The van der Waals surface area contributed by atoms with Crippen LogP contribution in [-0.2, 0) is 4.79 Å². The Kier molecular flexibility index (Phi) is 4.96. The summed E-state index contributed by atoms with van der Waals surface area (Å²) in [6, 6.07) is 11.6. The van der Waals surface area contributed by atoms with Gasteiger partial charge in [0.1, 0.15) is 11.6 Å². The zero-order valence-electron chi connectivity index (χ0n) is 11.7. The number of rotatable bonds is 4. The topological polar surface area (TPSA) is 38.3 Å². The first-order valence-electron chi connectivity index (χ1n) is 6.45. The van der Waals surface area contributed by atoms with Crippen molar-refractivity contribution in [3.8, 4) is 5.75 Å². The number of amides is 1. The van der Waals surface area contributed by atoms with Gasteiger partial charge in [0.05, 0.1) is 4.47 Å². The third-order valence-corrected chi connectivity index (χ3v) is 3.47. The van der Waals surface area contributed by atoms with Crippen molar-refractivity contribution in [2.24, 2.45) is 0 Å². The molecule has 1 atom stereocenters. The van der Waals surface area contributed by atoms with Gasteiger partial charge in [-0.2, -0.15) is 0 Å². The normalized spacial score (nSPS) is 11.8. The summed E-state index contributed by atoms with van der Waals surface area (Å²) in [6.07, 6.45) is -0.702. The molecule has 0 aliphatic rings. The smallest absolute Gasteiger partial charge is 0.265 e. The second-order valence-corrected chi connectivity index (χ2v) is 5.55. The summed E-state index contributed by atoms with van der Waals surface area (Å²) in [5.74, 6) is -0.216. The summed E-state index contributed by atoms with van der Waals surface area (Å²) >= 11 is 3.20. The largest absolute Gasteiger partial charge is 0.480 e. The maximum Gasteiger partial charge on any atom is 0.265 e. The first-order valence-corrected chi connectivity index (χ1v) is 7.24. The van der Waals surface area contributed by atoms with Gasteiger partial charge >= 0.3 is 0 Å². The van der Waals surface area contributed by atoms with Crippen molar-refractivity contribution in [3.05, 3.63) is 58.3 Å². The van der Waals surface area contributed by atoms with E-state index in [1.54, 1.807) is 6.92 Å². The Balaban J connectivity index is 2.02. The lowest BCUT2D eigenvalue weighted by atomic mass is 10.2. The molecule has 0 saturated carbocycles. The number of hydrogen-bond acceptors (Lipinski definition) is 2. The highest BCUT2D eigenvalue weighted by Crippen LogP contribution is 2.26. The van der Waals surface area contributed by atoms with Crippen molar-refractivity contribution in [2.75, 3.05) is 5.32 Å². The number of anilines is 1. The number of nitrogens with one attached hydrogen (secondary N) is 1. The summed E-state index contributed by atoms with van der Waals surface area (Å²) < 4.78 is 19.0. The van der Waals surface area contributed by atoms with E-state index < -0.39 is 6.10 Å². The van der Waals surface area contributed by atoms with Crippen LogP contribution in [0.3, 0.4) is 0 Å². The van der Waals surface area contributed by atoms with E-state index >= 15 is 0 Å². The van der Waals surface area contributed by atoms with Gasteiger partial charge in [-0.05, 0) is 65.7 Å². The number of hydrogen-bond donors (Lipinski definition) is 1. The number of benzene rings is 2. The van der Waals surface area contributed by atoms with Crippen LogP contribution in [-0.4, -0.2) is 12.0 Å². The average molecular weight is 352 g/mol. The Morgan fingerprint density at radius 3 is 2.71 bits per heavy atom. The monoisotopic (exact) mass is 351 g/mol. The number of carbonyl (C=O) groups is 1. The molecule has 0 bridgehead atoms. The van der Waals surface area contributed by atoms with Gasteiger partial charge < -0.3 is 10.1 Å². The molecule has 0 heterocycles. The highest BCUT2D eigenvalue weighted by molar-refractivity contribution is 9.10. The molecule has 0 spiro atoms. The lowest BCUT2D eigenvalue weighted by Gasteiger charge is -2.16. The molecular formula is C16H15BrFNO2. The van der Waals surface area contributed by atoms with Gasteiger partial charge in [-0.25, -0.2) is 4.39 Å². The molecule has 0 aromatic heterocycles. The van der Waals surface area contributed by atoms with Crippen molar-refractivity contribution in [3.63, 3.8) is 0 Å². The molecule has 0 radical (unpaired) electrons. The number of aryl methyl sites for hydroxylation is 1. The Labute approximate surface area is 131 Å². The Morgan fingerprint density at radius 2 is 2.05 bits per heavy atom. The van der Waals surface area contributed by atoms with Crippen LogP contribution in [0.15, 0.2) is 46.9 Å². The second-order valence-electron chi connectivity index (χ2n) is 4.69. The minimum absolute atomic E-state index is 0.267. The van der Waals surface area contributed by atoms with E-state index in [0.717, 1.165) is 5.56 Å². The lowest BCUT2D eigenvalue weighted by molar-refractivity contribution is -0.122. The van der Waals surface area contributed by atoms with E-state index in [1.807, 2.05) is 31.2 Å². The Bertz CT molecular complexity index is 660. The average Bonchev–Trinajstić information content (AvgIpc) is 2.41. The molecule has 5 heteroatoms. The minimum atomic E-state index is -0.702. The first kappa shape index (κ1) is 15.5. The summed E-state index contributed by atoms with van der Waals surface area (Å²) in [4.78, 5) is 12.1. The van der Waals surface area contributed by atoms with Crippen LogP contribution in [0.1, 0.15) is 12.5 Å². The molecule has 0 aliphatic heterocycles. The van der Waals surface area contributed by atoms with Gasteiger partial charge in [-0.3, -0.25) is 4.79 Å². The molecule has 110 valence electrons. The maximum atomic E-state index is 13.0. The van der Waals surface area contributed by atoms with E-state index in [4.69, 9.17) is 4.74 Å². The molecule has 1 N–H and O–H groups in total. The molecule has 1 amide bonds. The standard InChI is InChI=1S/C16H15BrFNO2/c1-10-4-3-5-13(8-10)19-16(20)11(2)21-15-7-6-12(18)9-14(15)17/h3-9,11H,1-2H3,(H,19,20)/t11-/m0/s1. The van der Waals surface area contributed by atoms with E-state index in [0.29, 0.717) is 15.9 Å². The molecule has 0 unspecified atom stereocenters. The zero-order valence-corrected chi connectivity index (χ0v) is 13.3. The van der Waals surface area contributed by atoms with E-state index in [1.165, 1.54) is 18.2 Å². The summed E-state index contributed by atoms with van der Waals surface area (Å²) in [6.45, 7) is 3.59. The number of carbonyl (C=O) groups excluding carboxylic acids is 1. The second kappa shape index (κ2) is 6.72. The van der Waals surface area contributed by atoms with Crippen LogP contribution < -0.4 is 10.1 Å². The first-order chi connectivity index (χ1) is 9.95. The van der Waals surface area contributed by atoms with Gasteiger partial charge in [0.15, 0.2) is 6.10 Å². The molecular weight excluding hydrogens is 337 g/mol. The summed E-state index contributed by atoms with van der Waals surface area (Å²) in [5.41, 5.74) is 1.77. The number of halogens is 2. The third kappa shape index (κ3) is 4.29. The van der Waals surface area contributed by atoms with Crippen LogP contribution in [0, 0.1) is 12.7 Å².